The van der Waals surface area contributed by atoms with Gasteiger partial charge in [0.05, 0.1) is 25.9 Å². The molecule has 3 aromatic carbocycles. The Morgan fingerprint density at radius 2 is 1.68 bits per heavy atom. The molecule has 1 fully saturated rings. The predicted octanol–water partition coefficient (Wildman–Crippen LogP) is 6.52. The summed E-state index contributed by atoms with van der Waals surface area (Å²) in [5, 5.41) is 2.84. The van der Waals surface area contributed by atoms with Gasteiger partial charge in [-0.25, -0.2) is 4.39 Å². The Labute approximate surface area is 223 Å². The summed E-state index contributed by atoms with van der Waals surface area (Å²) in [5.74, 6) is 2.45. The highest BCUT2D eigenvalue weighted by Gasteiger charge is 2.35. The molecular weight excluding hydrogens is 485 g/mol. The minimum absolute atomic E-state index is 0.0246. The minimum atomic E-state index is -0.258. The van der Waals surface area contributed by atoms with E-state index in [-0.39, 0.29) is 30.4 Å². The molecule has 0 aliphatic carbocycles. The third-order valence-electron chi connectivity index (χ3n) is 7.23. The number of fused-ring (bicyclic) bond motifs is 1. The van der Waals surface area contributed by atoms with Gasteiger partial charge in [-0.15, -0.1) is 0 Å². The number of ether oxygens (including phenoxy) is 4. The fourth-order valence-corrected chi connectivity index (χ4v) is 5.14. The van der Waals surface area contributed by atoms with Gasteiger partial charge in [0.15, 0.2) is 18.1 Å². The first-order valence-electron chi connectivity index (χ1n) is 13.3. The average Bonchev–Trinajstić information content (AvgIpc) is 3.17. The summed E-state index contributed by atoms with van der Waals surface area (Å²) in [6, 6.07) is 19.9. The largest absolute Gasteiger partial charge is 0.490 e. The van der Waals surface area contributed by atoms with Crippen molar-refractivity contribution >= 4 is 11.6 Å². The first-order valence-corrected chi connectivity index (χ1v) is 13.3. The molecular formula is C31H34FNO5. The van der Waals surface area contributed by atoms with Crippen molar-refractivity contribution in [3.05, 3.63) is 83.7 Å². The second kappa shape index (κ2) is 11.9. The van der Waals surface area contributed by atoms with Gasteiger partial charge in [-0.2, -0.15) is 0 Å². The zero-order valence-corrected chi connectivity index (χ0v) is 21.8. The molecule has 2 aliphatic heterocycles. The van der Waals surface area contributed by atoms with E-state index in [1.165, 1.54) is 12.1 Å². The number of benzene rings is 3. The maximum absolute atomic E-state index is 13.4. The van der Waals surface area contributed by atoms with Crippen LogP contribution < -0.4 is 19.5 Å². The van der Waals surface area contributed by atoms with E-state index >= 15 is 0 Å². The van der Waals surface area contributed by atoms with E-state index < -0.39 is 0 Å². The first-order chi connectivity index (χ1) is 18.5. The maximum atomic E-state index is 13.4. The van der Waals surface area contributed by atoms with Gasteiger partial charge < -0.3 is 24.3 Å². The molecule has 3 aromatic rings. The Morgan fingerprint density at radius 1 is 0.974 bits per heavy atom. The lowest BCUT2D eigenvalue weighted by atomic mass is 9.76. The monoisotopic (exact) mass is 519 g/mol. The molecule has 2 heterocycles. The van der Waals surface area contributed by atoms with Crippen molar-refractivity contribution < 1.29 is 28.1 Å². The molecule has 5 rings (SSSR count). The number of halogens is 1. The third-order valence-corrected chi connectivity index (χ3v) is 7.23. The highest BCUT2D eigenvalue weighted by molar-refractivity contribution is 5.92. The van der Waals surface area contributed by atoms with E-state index in [1.54, 1.807) is 18.2 Å². The Hall–Kier alpha value is -3.58. The van der Waals surface area contributed by atoms with Crippen molar-refractivity contribution in [2.45, 2.75) is 38.7 Å². The normalized spacial score (nSPS) is 21.0. The van der Waals surface area contributed by atoms with Crippen LogP contribution in [-0.2, 0) is 9.53 Å². The molecule has 2 aliphatic rings. The summed E-state index contributed by atoms with van der Waals surface area (Å²) in [4.78, 5) is 12.5. The van der Waals surface area contributed by atoms with Crippen molar-refractivity contribution in [3.8, 4) is 17.2 Å². The lowest BCUT2D eigenvalue weighted by Crippen LogP contribution is -2.31. The number of hydrogen-bond acceptors (Lipinski definition) is 5. The topological polar surface area (TPSA) is 66.0 Å². The summed E-state index contributed by atoms with van der Waals surface area (Å²) in [6.45, 7) is 6.12. The first kappa shape index (κ1) is 26.0. The molecule has 1 N–H and O–H groups in total. The van der Waals surface area contributed by atoms with Crippen molar-refractivity contribution in [2.75, 3.05) is 31.7 Å². The van der Waals surface area contributed by atoms with Crippen LogP contribution in [0, 0.1) is 17.7 Å². The van der Waals surface area contributed by atoms with E-state index in [0.717, 1.165) is 24.0 Å². The Kier molecular flexibility index (Phi) is 8.13. The van der Waals surface area contributed by atoms with Crippen molar-refractivity contribution in [3.63, 3.8) is 0 Å². The molecule has 0 radical (unpaired) electrons. The van der Waals surface area contributed by atoms with Gasteiger partial charge in [0.25, 0.3) is 5.91 Å². The van der Waals surface area contributed by atoms with Gasteiger partial charge in [-0.1, -0.05) is 38.1 Å². The number of carbonyl (C=O) groups is 1. The van der Waals surface area contributed by atoms with Gasteiger partial charge in [0.2, 0.25) is 0 Å². The summed E-state index contributed by atoms with van der Waals surface area (Å²) in [7, 11) is 0. The molecule has 6 nitrogen and oxygen atoms in total. The molecule has 38 heavy (non-hydrogen) atoms. The van der Waals surface area contributed by atoms with Crippen LogP contribution in [0.25, 0.3) is 0 Å². The molecule has 0 spiro atoms. The smallest absolute Gasteiger partial charge is 0.262 e. The summed E-state index contributed by atoms with van der Waals surface area (Å²) >= 11 is 0. The summed E-state index contributed by atoms with van der Waals surface area (Å²) < 4.78 is 36.8. The number of hydrogen-bond donors (Lipinski definition) is 1. The lowest BCUT2D eigenvalue weighted by molar-refractivity contribution is -0.118. The zero-order chi connectivity index (χ0) is 26.5. The fourth-order valence-electron chi connectivity index (χ4n) is 5.14. The molecule has 0 saturated carbocycles. The van der Waals surface area contributed by atoms with Gasteiger partial charge in [-0.3, -0.25) is 4.79 Å². The van der Waals surface area contributed by atoms with Crippen LogP contribution in [-0.4, -0.2) is 32.3 Å². The zero-order valence-electron chi connectivity index (χ0n) is 21.8. The molecule has 1 amide bonds. The second-order valence-corrected chi connectivity index (χ2v) is 10.3. The highest BCUT2D eigenvalue weighted by Crippen LogP contribution is 2.43. The van der Waals surface area contributed by atoms with Gasteiger partial charge in [0.1, 0.15) is 11.6 Å². The van der Waals surface area contributed by atoms with Crippen LogP contribution in [0.5, 0.6) is 17.2 Å². The van der Waals surface area contributed by atoms with E-state index in [9.17, 15) is 9.18 Å². The SMILES string of the molecule is CC(C)[C@@H]1C[C@H](c2ccc(F)cc2)CO[C@H]1c1ccc(OCC(=O)Nc2ccc3c(c2)OCCCO3)cc1. The molecule has 7 heteroatoms. The average molecular weight is 520 g/mol. The molecule has 1 saturated heterocycles. The van der Waals surface area contributed by atoms with Gasteiger partial charge >= 0.3 is 0 Å². The molecule has 0 bridgehead atoms. The van der Waals surface area contributed by atoms with Crippen molar-refractivity contribution in [1.82, 2.24) is 0 Å². The summed E-state index contributed by atoms with van der Waals surface area (Å²) in [5.41, 5.74) is 2.83. The standard InChI is InChI=1S/C31H34FNO5/c1-20(2)27-16-23(21-4-8-24(32)9-5-21)18-38-31(27)22-6-11-26(12-7-22)37-19-30(34)33-25-10-13-28-29(17-25)36-15-3-14-35-28/h4-13,17,20,23,27,31H,3,14-16,18-19H2,1-2H3,(H,33,34)/t23-,27-,31-/m0/s1. The van der Waals surface area contributed by atoms with E-state index in [4.69, 9.17) is 18.9 Å². The summed E-state index contributed by atoms with van der Waals surface area (Å²) in [6.07, 6.45) is 1.78. The van der Waals surface area contributed by atoms with Crippen LogP contribution in [0.3, 0.4) is 0 Å². The molecule has 3 atom stereocenters. The second-order valence-electron chi connectivity index (χ2n) is 10.3. The third kappa shape index (κ3) is 6.27. The quantitative estimate of drug-likeness (QED) is 0.385. The van der Waals surface area contributed by atoms with Crippen LogP contribution in [0.15, 0.2) is 66.7 Å². The number of carbonyl (C=O) groups excluding carboxylic acids is 1. The number of rotatable bonds is 7. The van der Waals surface area contributed by atoms with Crippen LogP contribution >= 0.6 is 0 Å². The molecule has 0 aromatic heterocycles. The van der Waals surface area contributed by atoms with E-state index in [1.807, 2.05) is 36.4 Å². The van der Waals surface area contributed by atoms with E-state index in [2.05, 4.69) is 19.2 Å². The number of amides is 1. The van der Waals surface area contributed by atoms with Crippen LogP contribution in [0.4, 0.5) is 10.1 Å². The Morgan fingerprint density at radius 3 is 2.42 bits per heavy atom. The highest BCUT2D eigenvalue weighted by atomic mass is 19.1. The van der Waals surface area contributed by atoms with E-state index in [0.29, 0.717) is 54.6 Å². The van der Waals surface area contributed by atoms with Crippen molar-refractivity contribution in [1.29, 1.82) is 0 Å². The minimum Gasteiger partial charge on any atom is -0.490 e. The number of anilines is 1. The van der Waals surface area contributed by atoms with Crippen LogP contribution in [0.2, 0.25) is 0 Å². The lowest BCUT2D eigenvalue weighted by Gasteiger charge is -2.39. The molecule has 0 unspecified atom stereocenters. The van der Waals surface area contributed by atoms with Gasteiger partial charge in [0, 0.05) is 24.1 Å². The van der Waals surface area contributed by atoms with Crippen LogP contribution in [0.1, 0.15) is 49.8 Å². The Bertz CT molecular complexity index is 1230. The number of nitrogens with one attached hydrogen (secondary N) is 1. The van der Waals surface area contributed by atoms with Crippen molar-refractivity contribution in [2.24, 2.45) is 11.8 Å². The Balaban J connectivity index is 1.16. The molecule has 200 valence electrons. The maximum Gasteiger partial charge on any atom is 0.262 e. The predicted molar refractivity (Wildman–Crippen MR) is 143 cm³/mol. The fraction of sp³-hybridized carbons (Fsp3) is 0.387. The van der Waals surface area contributed by atoms with Gasteiger partial charge in [-0.05, 0) is 65.8 Å².